The highest BCUT2D eigenvalue weighted by molar-refractivity contribution is 9.09. The van der Waals surface area contributed by atoms with E-state index in [9.17, 15) is 0 Å². The van der Waals surface area contributed by atoms with E-state index >= 15 is 0 Å². The molecule has 1 heterocycles. The molecule has 1 aromatic heterocycles. The highest BCUT2D eigenvalue weighted by atomic mass is 79.9. The minimum atomic E-state index is 0.438. The van der Waals surface area contributed by atoms with Crippen LogP contribution in [0.3, 0.4) is 0 Å². The van der Waals surface area contributed by atoms with Gasteiger partial charge in [0.05, 0.1) is 15.2 Å². The maximum Gasteiger partial charge on any atom is 0.0907 e. The lowest BCUT2D eigenvalue weighted by Crippen LogP contribution is -1.90. The molecule has 3 heteroatoms. The van der Waals surface area contributed by atoms with Crippen LogP contribution in [-0.2, 0) is 0 Å². The van der Waals surface area contributed by atoms with Gasteiger partial charge in [-0.2, -0.15) is 0 Å². The molecule has 0 saturated carbocycles. The van der Waals surface area contributed by atoms with E-state index in [0.717, 1.165) is 11.4 Å². The molecular formula is C12H14BrNS. The SMILES string of the molecule is CCCC(Br)c1cccc2sc(C)nc12. The van der Waals surface area contributed by atoms with Gasteiger partial charge in [0.25, 0.3) is 0 Å². The van der Waals surface area contributed by atoms with Crippen LogP contribution >= 0.6 is 27.3 Å². The minimum Gasteiger partial charge on any atom is -0.241 e. The van der Waals surface area contributed by atoms with Crippen LogP contribution < -0.4 is 0 Å². The fraction of sp³-hybridized carbons (Fsp3) is 0.417. The Bertz CT molecular complexity index is 464. The number of benzene rings is 1. The van der Waals surface area contributed by atoms with Gasteiger partial charge < -0.3 is 0 Å². The molecular weight excluding hydrogens is 270 g/mol. The first kappa shape index (κ1) is 11.1. The number of hydrogen-bond acceptors (Lipinski definition) is 2. The lowest BCUT2D eigenvalue weighted by atomic mass is 10.1. The van der Waals surface area contributed by atoms with E-state index in [0.29, 0.717) is 4.83 Å². The average Bonchev–Trinajstić information content (AvgIpc) is 2.57. The molecule has 0 saturated heterocycles. The predicted molar refractivity (Wildman–Crippen MR) is 70.9 cm³/mol. The maximum atomic E-state index is 4.60. The summed E-state index contributed by atoms with van der Waals surface area (Å²) in [5.74, 6) is 0. The number of hydrogen-bond donors (Lipinski definition) is 0. The van der Waals surface area contributed by atoms with Crippen LogP contribution in [-0.4, -0.2) is 4.98 Å². The largest absolute Gasteiger partial charge is 0.241 e. The van der Waals surface area contributed by atoms with Gasteiger partial charge in [-0.1, -0.05) is 41.4 Å². The number of para-hydroxylation sites is 1. The predicted octanol–water partition coefficient (Wildman–Crippen LogP) is 4.84. The van der Waals surface area contributed by atoms with E-state index in [1.54, 1.807) is 11.3 Å². The zero-order chi connectivity index (χ0) is 10.8. The van der Waals surface area contributed by atoms with Gasteiger partial charge in [-0.25, -0.2) is 4.98 Å². The van der Waals surface area contributed by atoms with Gasteiger partial charge in [-0.05, 0) is 25.0 Å². The highest BCUT2D eigenvalue weighted by Gasteiger charge is 2.12. The smallest absolute Gasteiger partial charge is 0.0907 e. The molecule has 0 bridgehead atoms. The Kier molecular flexibility index (Phi) is 3.42. The second-order valence-electron chi connectivity index (χ2n) is 3.68. The molecule has 0 aliphatic carbocycles. The monoisotopic (exact) mass is 283 g/mol. The Morgan fingerprint density at radius 2 is 2.27 bits per heavy atom. The summed E-state index contributed by atoms with van der Waals surface area (Å²) in [6.07, 6.45) is 2.35. The molecule has 1 nitrogen and oxygen atoms in total. The summed E-state index contributed by atoms with van der Waals surface area (Å²) < 4.78 is 1.30. The second kappa shape index (κ2) is 4.62. The van der Waals surface area contributed by atoms with E-state index in [4.69, 9.17) is 0 Å². The van der Waals surface area contributed by atoms with Crippen molar-refractivity contribution < 1.29 is 0 Å². The van der Waals surface area contributed by atoms with Crippen molar-refractivity contribution >= 4 is 37.5 Å². The van der Waals surface area contributed by atoms with Gasteiger partial charge in [0.1, 0.15) is 0 Å². The van der Waals surface area contributed by atoms with Crippen molar-refractivity contribution in [1.29, 1.82) is 0 Å². The standard InChI is InChI=1S/C12H14BrNS/c1-3-5-10(13)9-6-4-7-11-12(9)14-8(2)15-11/h4,6-7,10H,3,5H2,1-2H3. The minimum absolute atomic E-state index is 0.438. The van der Waals surface area contributed by atoms with Crippen molar-refractivity contribution in [3.05, 3.63) is 28.8 Å². The van der Waals surface area contributed by atoms with Gasteiger partial charge in [0.2, 0.25) is 0 Å². The van der Waals surface area contributed by atoms with Gasteiger partial charge in [-0.3, -0.25) is 0 Å². The molecule has 0 amide bonds. The van der Waals surface area contributed by atoms with E-state index in [1.165, 1.54) is 22.2 Å². The third-order valence-electron chi connectivity index (χ3n) is 2.44. The first-order valence-corrected chi connectivity index (χ1v) is 6.95. The molecule has 0 aliphatic rings. The highest BCUT2D eigenvalue weighted by Crippen LogP contribution is 2.34. The van der Waals surface area contributed by atoms with Crippen molar-refractivity contribution in [2.24, 2.45) is 0 Å². The molecule has 0 spiro atoms. The van der Waals surface area contributed by atoms with E-state index in [2.05, 4.69) is 53.0 Å². The number of thiazole rings is 1. The molecule has 80 valence electrons. The number of aryl methyl sites for hydroxylation is 1. The molecule has 1 atom stereocenters. The molecule has 0 N–H and O–H groups in total. The topological polar surface area (TPSA) is 12.9 Å². The van der Waals surface area contributed by atoms with Crippen LogP contribution in [0.4, 0.5) is 0 Å². The lowest BCUT2D eigenvalue weighted by Gasteiger charge is -2.08. The summed E-state index contributed by atoms with van der Waals surface area (Å²) in [4.78, 5) is 5.04. The number of rotatable bonds is 3. The first-order chi connectivity index (χ1) is 7.22. The Morgan fingerprint density at radius 3 is 3.00 bits per heavy atom. The number of aromatic nitrogens is 1. The van der Waals surface area contributed by atoms with E-state index in [1.807, 2.05) is 0 Å². The zero-order valence-electron chi connectivity index (χ0n) is 8.96. The Morgan fingerprint density at radius 1 is 1.47 bits per heavy atom. The number of halogens is 1. The summed E-state index contributed by atoms with van der Waals surface area (Å²) in [6, 6.07) is 6.45. The van der Waals surface area contributed by atoms with Crippen LogP contribution in [0.25, 0.3) is 10.2 Å². The molecule has 0 aliphatic heterocycles. The molecule has 1 unspecified atom stereocenters. The molecule has 15 heavy (non-hydrogen) atoms. The van der Waals surface area contributed by atoms with E-state index < -0.39 is 0 Å². The summed E-state index contributed by atoms with van der Waals surface area (Å²) >= 11 is 5.51. The second-order valence-corrected chi connectivity index (χ2v) is 6.02. The zero-order valence-corrected chi connectivity index (χ0v) is 11.4. The van der Waals surface area contributed by atoms with Crippen LogP contribution in [0.2, 0.25) is 0 Å². The normalized spacial score (nSPS) is 13.3. The van der Waals surface area contributed by atoms with Crippen molar-refractivity contribution in [3.8, 4) is 0 Å². The Balaban J connectivity index is 2.50. The third-order valence-corrected chi connectivity index (χ3v) is 4.32. The summed E-state index contributed by atoms with van der Waals surface area (Å²) in [5, 5.41) is 1.15. The van der Waals surface area contributed by atoms with Crippen LogP contribution in [0.1, 0.15) is 35.2 Å². The first-order valence-electron chi connectivity index (χ1n) is 5.22. The molecule has 0 fully saturated rings. The van der Waals surface area contributed by atoms with Gasteiger partial charge >= 0.3 is 0 Å². The summed E-state index contributed by atoms with van der Waals surface area (Å²) in [5.41, 5.74) is 2.51. The number of alkyl halides is 1. The molecule has 0 radical (unpaired) electrons. The van der Waals surface area contributed by atoms with Crippen molar-refractivity contribution in [2.75, 3.05) is 0 Å². The summed E-state index contributed by atoms with van der Waals surface area (Å²) in [6.45, 7) is 4.28. The van der Waals surface area contributed by atoms with Gasteiger partial charge in [-0.15, -0.1) is 11.3 Å². The van der Waals surface area contributed by atoms with Crippen LogP contribution in [0, 0.1) is 6.92 Å². The number of nitrogens with zero attached hydrogens (tertiary/aromatic N) is 1. The molecule has 2 aromatic rings. The Hall–Kier alpha value is -0.410. The van der Waals surface area contributed by atoms with Crippen LogP contribution in [0.5, 0.6) is 0 Å². The lowest BCUT2D eigenvalue weighted by molar-refractivity contribution is 0.791. The summed E-state index contributed by atoms with van der Waals surface area (Å²) in [7, 11) is 0. The van der Waals surface area contributed by atoms with Gasteiger partial charge in [0, 0.05) is 4.83 Å². The van der Waals surface area contributed by atoms with Crippen LogP contribution in [0.15, 0.2) is 18.2 Å². The van der Waals surface area contributed by atoms with Crippen molar-refractivity contribution in [3.63, 3.8) is 0 Å². The average molecular weight is 284 g/mol. The third kappa shape index (κ3) is 2.23. The fourth-order valence-corrected chi connectivity index (χ4v) is 3.43. The van der Waals surface area contributed by atoms with Crippen molar-refractivity contribution in [2.45, 2.75) is 31.5 Å². The maximum absolute atomic E-state index is 4.60. The fourth-order valence-electron chi connectivity index (χ4n) is 1.74. The number of fused-ring (bicyclic) bond motifs is 1. The van der Waals surface area contributed by atoms with E-state index in [-0.39, 0.29) is 0 Å². The Labute approximate surface area is 103 Å². The van der Waals surface area contributed by atoms with Gasteiger partial charge in [0.15, 0.2) is 0 Å². The molecule has 2 rings (SSSR count). The quantitative estimate of drug-likeness (QED) is 0.735. The molecule has 1 aromatic carbocycles. The van der Waals surface area contributed by atoms with Crippen molar-refractivity contribution in [1.82, 2.24) is 4.98 Å².